The Bertz CT molecular complexity index is 988. The Morgan fingerprint density at radius 3 is 2.43 bits per heavy atom. The number of rotatable bonds is 7. The molecule has 0 saturated carbocycles. The molecule has 1 fully saturated rings. The Kier molecular flexibility index (Phi) is 6.38. The van der Waals surface area contributed by atoms with Crippen LogP contribution in [0.5, 0.6) is 0 Å². The smallest absolute Gasteiger partial charge is 0.319 e. The molecule has 1 aliphatic heterocycles. The van der Waals surface area contributed by atoms with Crippen molar-refractivity contribution in [2.75, 3.05) is 18.0 Å². The Morgan fingerprint density at radius 2 is 1.83 bits per heavy atom. The number of para-hydroxylation sites is 1. The molecule has 1 aliphatic rings. The highest BCUT2D eigenvalue weighted by Crippen LogP contribution is 2.33. The van der Waals surface area contributed by atoms with Crippen molar-refractivity contribution in [3.05, 3.63) is 65.2 Å². The number of nitriles is 1. The number of carbonyl (C=O) groups excluding carboxylic acids is 3. The summed E-state index contributed by atoms with van der Waals surface area (Å²) in [5.74, 6) is -0.929. The van der Waals surface area contributed by atoms with E-state index in [1.54, 1.807) is 55.5 Å². The second-order valence-electron chi connectivity index (χ2n) is 6.88. The van der Waals surface area contributed by atoms with Gasteiger partial charge in [0, 0.05) is 17.3 Å². The molecule has 1 N–H and O–H groups in total. The van der Waals surface area contributed by atoms with Gasteiger partial charge in [0.2, 0.25) is 5.91 Å². The van der Waals surface area contributed by atoms with Crippen molar-refractivity contribution < 1.29 is 14.4 Å². The summed E-state index contributed by atoms with van der Waals surface area (Å²) in [7, 11) is 0. The highest BCUT2D eigenvalue weighted by molar-refractivity contribution is 6.30. The third-order valence-electron chi connectivity index (χ3n) is 5.15. The predicted molar refractivity (Wildman–Crippen MR) is 113 cm³/mol. The van der Waals surface area contributed by atoms with E-state index in [2.05, 4.69) is 5.32 Å². The van der Waals surface area contributed by atoms with Crippen molar-refractivity contribution >= 4 is 35.1 Å². The highest BCUT2D eigenvalue weighted by Gasteiger charge is 2.51. The molecular formula is C22H21ClN4O3. The van der Waals surface area contributed by atoms with Gasteiger partial charge in [0.1, 0.15) is 12.1 Å². The second-order valence-corrected chi connectivity index (χ2v) is 7.31. The van der Waals surface area contributed by atoms with Crippen LogP contribution in [0.4, 0.5) is 10.5 Å². The molecule has 1 atom stereocenters. The summed E-state index contributed by atoms with van der Waals surface area (Å²) in [6.07, 6.45) is 0.450. The molecule has 0 bridgehead atoms. The van der Waals surface area contributed by atoms with E-state index in [4.69, 9.17) is 16.9 Å². The minimum absolute atomic E-state index is 0.129. The standard InChI is InChI=1S/C22H21ClN4O3/c1-2-22(16-9-11-17(23)12-10-16)20(29)27(21(30)25-22)15-19(28)26(14-6-13-24)18-7-4-3-5-8-18/h3-5,7-12H,2,6,14-15H2,1H3,(H,25,30). The zero-order chi connectivity index (χ0) is 21.7. The molecule has 3 rings (SSSR count). The molecule has 30 heavy (non-hydrogen) atoms. The number of nitrogens with one attached hydrogen (secondary N) is 1. The molecule has 2 aromatic carbocycles. The van der Waals surface area contributed by atoms with Crippen LogP contribution in [0.3, 0.4) is 0 Å². The molecule has 154 valence electrons. The van der Waals surface area contributed by atoms with Crippen molar-refractivity contribution in [3.8, 4) is 6.07 Å². The topological polar surface area (TPSA) is 93.5 Å². The van der Waals surface area contributed by atoms with Crippen molar-refractivity contribution in [2.24, 2.45) is 0 Å². The van der Waals surface area contributed by atoms with Gasteiger partial charge >= 0.3 is 6.03 Å². The van der Waals surface area contributed by atoms with Gasteiger partial charge in [-0.1, -0.05) is 48.9 Å². The van der Waals surface area contributed by atoms with E-state index in [1.807, 2.05) is 12.1 Å². The fraction of sp³-hybridized carbons (Fsp3) is 0.273. The van der Waals surface area contributed by atoms with Gasteiger partial charge in [-0.25, -0.2) is 4.79 Å². The lowest BCUT2D eigenvalue weighted by molar-refractivity contribution is -0.134. The van der Waals surface area contributed by atoms with Gasteiger partial charge in [-0.3, -0.25) is 14.5 Å². The Morgan fingerprint density at radius 1 is 1.17 bits per heavy atom. The van der Waals surface area contributed by atoms with Crippen LogP contribution < -0.4 is 10.2 Å². The molecule has 0 aromatic heterocycles. The lowest BCUT2D eigenvalue weighted by atomic mass is 9.87. The molecule has 4 amide bonds. The first-order chi connectivity index (χ1) is 14.4. The van der Waals surface area contributed by atoms with Crippen LogP contribution in [0, 0.1) is 11.3 Å². The summed E-state index contributed by atoms with van der Waals surface area (Å²) in [4.78, 5) is 41.3. The number of anilines is 1. The molecule has 1 saturated heterocycles. The second kappa shape index (κ2) is 8.97. The average molecular weight is 425 g/mol. The molecule has 1 unspecified atom stereocenters. The van der Waals surface area contributed by atoms with E-state index < -0.39 is 29.9 Å². The van der Waals surface area contributed by atoms with Gasteiger partial charge in [-0.05, 0) is 36.2 Å². The molecule has 7 nitrogen and oxygen atoms in total. The van der Waals surface area contributed by atoms with Gasteiger partial charge in [0.15, 0.2) is 0 Å². The largest absolute Gasteiger partial charge is 0.325 e. The van der Waals surface area contributed by atoms with Crippen LogP contribution in [0.15, 0.2) is 54.6 Å². The maximum atomic E-state index is 13.2. The van der Waals surface area contributed by atoms with Crippen LogP contribution in [-0.2, 0) is 15.1 Å². The van der Waals surface area contributed by atoms with Crippen LogP contribution in [0.25, 0.3) is 0 Å². The first-order valence-electron chi connectivity index (χ1n) is 9.55. The summed E-state index contributed by atoms with van der Waals surface area (Å²) in [6, 6.07) is 16.9. The number of halogens is 1. The number of imide groups is 1. The summed E-state index contributed by atoms with van der Waals surface area (Å²) >= 11 is 5.95. The fourth-order valence-corrected chi connectivity index (χ4v) is 3.66. The fourth-order valence-electron chi connectivity index (χ4n) is 3.53. The van der Waals surface area contributed by atoms with Gasteiger partial charge in [0.25, 0.3) is 5.91 Å². The zero-order valence-electron chi connectivity index (χ0n) is 16.5. The van der Waals surface area contributed by atoms with Crippen LogP contribution in [0.2, 0.25) is 5.02 Å². The molecule has 8 heteroatoms. The zero-order valence-corrected chi connectivity index (χ0v) is 17.2. The molecule has 0 aliphatic carbocycles. The van der Waals surface area contributed by atoms with Gasteiger partial charge < -0.3 is 10.2 Å². The minimum atomic E-state index is -1.24. The lowest BCUT2D eigenvalue weighted by Crippen LogP contribution is -2.46. The van der Waals surface area contributed by atoms with E-state index in [1.165, 1.54) is 4.90 Å². The van der Waals surface area contributed by atoms with E-state index in [0.717, 1.165) is 4.90 Å². The third kappa shape index (κ3) is 4.00. The first-order valence-corrected chi connectivity index (χ1v) is 9.93. The van der Waals surface area contributed by atoms with Crippen molar-refractivity contribution in [1.29, 1.82) is 5.26 Å². The quantitative estimate of drug-likeness (QED) is 0.689. The van der Waals surface area contributed by atoms with Crippen LogP contribution in [0.1, 0.15) is 25.3 Å². The number of urea groups is 1. The monoisotopic (exact) mass is 424 g/mol. The molecule has 2 aromatic rings. The predicted octanol–water partition coefficient (Wildman–Crippen LogP) is 3.44. The molecular weight excluding hydrogens is 404 g/mol. The Balaban J connectivity index is 1.85. The van der Waals surface area contributed by atoms with E-state index in [0.29, 0.717) is 22.7 Å². The third-order valence-corrected chi connectivity index (χ3v) is 5.40. The van der Waals surface area contributed by atoms with Gasteiger partial charge in [0.05, 0.1) is 12.5 Å². The van der Waals surface area contributed by atoms with Crippen LogP contribution in [-0.4, -0.2) is 35.8 Å². The minimum Gasteiger partial charge on any atom is -0.319 e. The van der Waals surface area contributed by atoms with E-state index >= 15 is 0 Å². The molecule has 1 heterocycles. The number of benzene rings is 2. The Hall–Kier alpha value is -3.37. The average Bonchev–Trinajstić information content (AvgIpc) is 3.00. The number of nitrogens with zero attached hydrogens (tertiary/aromatic N) is 3. The lowest BCUT2D eigenvalue weighted by Gasteiger charge is -2.27. The van der Waals surface area contributed by atoms with Crippen molar-refractivity contribution in [3.63, 3.8) is 0 Å². The number of hydrogen-bond acceptors (Lipinski definition) is 4. The van der Waals surface area contributed by atoms with Crippen molar-refractivity contribution in [2.45, 2.75) is 25.3 Å². The van der Waals surface area contributed by atoms with Crippen LogP contribution >= 0.6 is 11.6 Å². The van der Waals surface area contributed by atoms with Gasteiger partial charge in [-0.15, -0.1) is 0 Å². The van der Waals surface area contributed by atoms with E-state index in [9.17, 15) is 14.4 Å². The summed E-state index contributed by atoms with van der Waals surface area (Å²) in [5, 5.41) is 12.2. The number of hydrogen-bond donors (Lipinski definition) is 1. The normalized spacial score (nSPS) is 18.1. The maximum absolute atomic E-state index is 13.2. The molecule has 0 spiro atoms. The summed E-state index contributed by atoms with van der Waals surface area (Å²) in [5.41, 5.74) is -0.0389. The SMILES string of the molecule is CCC1(c2ccc(Cl)cc2)NC(=O)N(CC(=O)N(CCC#N)c2ccccc2)C1=O. The first kappa shape index (κ1) is 21.3. The summed E-state index contributed by atoms with van der Waals surface area (Å²) in [6.45, 7) is 1.54. The van der Waals surface area contributed by atoms with Crippen molar-refractivity contribution in [1.82, 2.24) is 10.2 Å². The van der Waals surface area contributed by atoms with E-state index in [-0.39, 0.29) is 13.0 Å². The Labute approximate surface area is 179 Å². The summed E-state index contributed by atoms with van der Waals surface area (Å²) < 4.78 is 0. The highest BCUT2D eigenvalue weighted by atomic mass is 35.5. The number of amides is 4. The molecule has 0 radical (unpaired) electrons. The number of carbonyl (C=O) groups is 3. The van der Waals surface area contributed by atoms with Gasteiger partial charge in [-0.2, -0.15) is 5.26 Å². The maximum Gasteiger partial charge on any atom is 0.325 e.